The number of para-hydroxylation sites is 5. The third kappa shape index (κ3) is 3.75. The second kappa shape index (κ2) is 10.2. The molecule has 3 heteroatoms. The molecule has 48 heavy (non-hydrogen) atoms. The molecule has 0 saturated carbocycles. The van der Waals surface area contributed by atoms with Crippen molar-refractivity contribution >= 4 is 65.2 Å². The second-order valence-corrected chi connectivity index (χ2v) is 12.5. The summed E-state index contributed by atoms with van der Waals surface area (Å²) in [4.78, 5) is 0. The van der Waals surface area contributed by atoms with Crippen LogP contribution in [0.4, 0.5) is 0 Å². The van der Waals surface area contributed by atoms with Crippen LogP contribution in [0, 0.1) is 11.3 Å². The normalized spacial score (nSPS) is 11.7. The Morgan fingerprint density at radius 1 is 0.375 bits per heavy atom. The monoisotopic (exact) mass is 609 g/mol. The van der Waals surface area contributed by atoms with Gasteiger partial charge >= 0.3 is 0 Å². The topological polar surface area (TPSA) is 33.6 Å². The number of fused-ring (bicyclic) bond motifs is 9. The van der Waals surface area contributed by atoms with Crippen LogP contribution in [0.2, 0.25) is 0 Å². The summed E-state index contributed by atoms with van der Waals surface area (Å²) in [6, 6.07) is 60.9. The molecule has 0 radical (unpaired) electrons. The first-order valence-electron chi connectivity index (χ1n) is 16.3. The first-order valence-corrected chi connectivity index (χ1v) is 16.3. The Kier molecular flexibility index (Phi) is 5.64. The molecule has 2 aromatic heterocycles. The van der Waals surface area contributed by atoms with Crippen molar-refractivity contribution in [3.8, 4) is 28.6 Å². The summed E-state index contributed by atoms with van der Waals surface area (Å²) in [7, 11) is 0. The fourth-order valence-corrected chi connectivity index (χ4v) is 7.84. The Morgan fingerprint density at radius 2 is 0.938 bits per heavy atom. The Morgan fingerprint density at radius 3 is 1.60 bits per heavy atom. The van der Waals surface area contributed by atoms with Gasteiger partial charge in [-0.1, -0.05) is 115 Å². The van der Waals surface area contributed by atoms with Gasteiger partial charge in [-0.3, -0.25) is 0 Å². The van der Waals surface area contributed by atoms with Gasteiger partial charge in [0.2, 0.25) is 0 Å². The molecule has 0 aliphatic carbocycles. The molecule has 8 aromatic carbocycles. The van der Waals surface area contributed by atoms with Gasteiger partial charge in [0, 0.05) is 44.0 Å². The van der Waals surface area contributed by atoms with Gasteiger partial charge in [-0.15, -0.1) is 0 Å². The van der Waals surface area contributed by atoms with E-state index in [0.29, 0.717) is 5.56 Å². The van der Waals surface area contributed by atoms with E-state index >= 15 is 0 Å². The highest BCUT2D eigenvalue weighted by atomic mass is 15.0. The van der Waals surface area contributed by atoms with Crippen LogP contribution in [0.5, 0.6) is 0 Å². The van der Waals surface area contributed by atoms with E-state index in [4.69, 9.17) is 0 Å². The number of nitriles is 1. The van der Waals surface area contributed by atoms with Gasteiger partial charge < -0.3 is 9.13 Å². The van der Waals surface area contributed by atoms with Crippen LogP contribution < -0.4 is 0 Å². The summed E-state index contributed by atoms with van der Waals surface area (Å²) in [5, 5.41) is 19.0. The minimum absolute atomic E-state index is 0.674. The molecular formula is C45H27N3. The van der Waals surface area contributed by atoms with E-state index in [2.05, 4.69) is 161 Å². The third-order valence-electron chi connectivity index (χ3n) is 9.90. The molecule has 0 aliphatic heterocycles. The van der Waals surface area contributed by atoms with Crippen LogP contribution in [0.3, 0.4) is 0 Å². The van der Waals surface area contributed by atoms with E-state index in [-0.39, 0.29) is 0 Å². The first-order chi connectivity index (χ1) is 23.8. The summed E-state index contributed by atoms with van der Waals surface area (Å²) >= 11 is 0. The summed E-state index contributed by atoms with van der Waals surface area (Å²) in [5.74, 6) is 0. The molecule has 222 valence electrons. The molecule has 0 saturated heterocycles. The largest absolute Gasteiger partial charge is 0.309 e. The van der Waals surface area contributed by atoms with Crippen molar-refractivity contribution < 1.29 is 0 Å². The highest BCUT2D eigenvalue weighted by Gasteiger charge is 2.21. The number of hydrogen-bond donors (Lipinski definition) is 0. The maximum absolute atomic E-state index is 9.59. The molecule has 0 aliphatic rings. The lowest BCUT2D eigenvalue weighted by Gasteiger charge is -2.15. The molecule has 2 heterocycles. The van der Waals surface area contributed by atoms with Crippen molar-refractivity contribution in [1.82, 2.24) is 9.13 Å². The fraction of sp³-hybridized carbons (Fsp3) is 0. The summed E-state index contributed by atoms with van der Waals surface area (Å²) < 4.78 is 4.85. The average molecular weight is 610 g/mol. The Labute approximate surface area is 276 Å². The molecule has 0 unspecified atom stereocenters. The molecule has 0 N–H and O–H groups in total. The van der Waals surface area contributed by atoms with E-state index in [1.165, 1.54) is 54.7 Å². The zero-order chi connectivity index (χ0) is 31.8. The maximum Gasteiger partial charge on any atom is 0.0991 e. The Hall–Kier alpha value is -6.63. The van der Waals surface area contributed by atoms with Gasteiger partial charge in [-0.05, 0) is 70.1 Å². The summed E-state index contributed by atoms with van der Waals surface area (Å²) in [6.07, 6.45) is 0. The van der Waals surface area contributed by atoms with Crippen molar-refractivity contribution in [2.45, 2.75) is 0 Å². The van der Waals surface area contributed by atoms with Crippen LogP contribution >= 0.6 is 0 Å². The number of benzene rings is 8. The molecule has 10 rings (SSSR count). The maximum atomic E-state index is 9.59. The van der Waals surface area contributed by atoms with Crippen LogP contribution in [0.1, 0.15) is 5.56 Å². The fourth-order valence-electron chi connectivity index (χ4n) is 7.84. The summed E-state index contributed by atoms with van der Waals surface area (Å²) in [6.45, 7) is 0. The van der Waals surface area contributed by atoms with E-state index in [1.807, 2.05) is 18.2 Å². The lowest BCUT2D eigenvalue weighted by molar-refractivity contribution is 1.17. The van der Waals surface area contributed by atoms with Gasteiger partial charge in [0.25, 0.3) is 0 Å². The lowest BCUT2D eigenvalue weighted by Crippen LogP contribution is -1.98. The average Bonchev–Trinajstić information content (AvgIpc) is 3.68. The number of nitrogens with zero attached hydrogens (tertiary/aromatic N) is 3. The lowest BCUT2D eigenvalue weighted by atomic mass is 9.98. The molecule has 10 aromatic rings. The molecular weight excluding hydrogens is 583 g/mol. The molecule has 0 amide bonds. The van der Waals surface area contributed by atoms with Crippen LogP contribution in [0.25, 0.3) is 87.7 Å². The number of aromatic nitrogens is 2. The van der Waals surface area contributed by atoms with E-state index in [0.717, 1.165) is 32.9 Å². The molecule has 0 bridgehead atoms. The molecule has 3 nitrogen and oxygen atoms in total. The Balaban J connectivity index is 1.32. The second-order valence-electron chi connectivity index (χ2n) is 12.5. The van der Waals surface area contributed by atoms with Gasteiger partial charge in [0.15, 0.2) is 0 Å². The first kappa shape index (κ1) is 26.6. The zero-order valence-corrected chi connectivity index (χ0v) is 25.9. The van der Waals surface area contributed by atoms with Crippen molar-refractivity contribution in [3.63, 3.8) is 0 Å². The van der Waals surface area contributed by atoms with Gasteiger partial charge in [0.05, 0.1) is 33.7 Å². The van der Waals surface area contributed by atoms with Crippen molar-refractivity contribution in [3.05, 3.63) is 169 Å². The highest BCUT2D eigenvalue weighted by molar-refractivity contribution is 6.19. The smallest absolute Gasteiger partial charge is 0.0991 e. The minimum atomic E-state index is 0.674. The van der Waals surface area contributed by atoms with E-state index in [1.54, 1.807) is 0 Å². The Bertz CT molecular complexity index is 2950. The van der Waals surface area contributed by atoms with E-state index in [9.17, 15) is 5.26 Å². The predicted molar refractivity (Wildman–Crippen MR) is 200 cm³/mol. The van der Waals surface area contributed by atoms with Gasteiger partial charge in [-0.2, -0.15) is 5.26 Å². The standard InChI is InChI=1S/C45H27N3/c46-28-29-20-21-30-22-23-31-27-33(24-25-34(31)41(30)26-29)48-43-19-7-5-13-36(43)38-15-9-17-40(45(38)48)39-16-8-14-37-35-12-4-6-18-42(35)47(44(37)39)32-10-2-1-3-11-32/h1-27H. The van der Waals surface area contributed by atoms with Crippen LogP contribution in [-0.2, 0) is 0 Å². The van der Waals surface area contributed by atoms with Crippen LogP contribution in [0.15, 0.2) is 164 Å². The number of rotatable bonds is 3. The van der Waals surface area contributed by atoms with Crippen molar-refractivity contribution in [1.29, 1.82) is 5.26 Å². The molecule has 0 atom stereocenters. The SMILES string of the molecule is N#Cc1ccc2ccc3cc(-n4c5ccccc5c5cccc(-c6cccc7c8ccccc8n(-c8ccccc8)c67)c54)ccc3c2c1. The zero-order valence-electron chi connectivity index (χ0n) is 25.9. The van der Waals surface area contributed by atoms with Gasteiger partial charge in [-0.25, -0.2) is 0 Å². The third-order valence-corrected chi connectivity index (χ3v) is 9.90. The minimum Gasteiger partial charge on any atom is -0.309 e. The van der Waals surface area contributed by atoms with E-state index < -0.39 is 0 Å². The molecule has 0 fully saturated rings. The highest BCUT2D eigenvalue weighted by Crippen LogP contribution is 2.43. The number of hydrogen-bond acceptors (Lipinski definition) is 1. The summed E-state index contributed by atoms with van der Waals surface area (Å²) in [5.41, 5.74) is 10.0. The van der Waals surface area contributed by atoms with Crippen LogP contribution in [-0.4, -0.2) is 9.13 Å². The molecule has 0 spiro atoms. The van der Waals surface area contributed by atoms with Gasteiger partial charge in [0.1, 0.15) is 0 Å². The van der Waals surface area contributed by atoms with Crippen molar-refractivity contribution in [2.75, 3.05) is 0 Å². The van der Waals surface area contributed by atoms with Crippen molar-refractivity contribution in [2.24, 2.45) is 0 Å². The predicted octanol–water partition coefficient (Wildman–Crippen LogP) is 11.7. The quantitative estimate of drug-likeness (QED) is 0.183.